The Bertz CT molecular complexity index is 715. The number of halogens is 2. The van der Waals surface area contributed by atoms with Crippen molar-refractivity contribution < 1.29 is 8.78 Å². The van der Waals surface area contributed by atoms with Gasteiger partial charge in [-0.3, -0.25) is 0 Å². The molecule has 0 radical (unpaired) electrons. The lowest BCUT2D eigenvalue weighted by Crippen LogP contribution is -2.34. The number of benzene rings is 1. The smallest absolute Gasteiger partial charge is 0.174 e. The molecule has 0 aliphatic heterocycles. The summed E-state index contributed by atoms with van der Waals surface area (Å²) in [6.07, 6.45) is 14.8. The molecule has 0 bridgehead atoms. The first-order valence-electron chi connectivity index (χ1n) is 11.4. The molecule has 3 unspecified atom stereocenters. The molecule has 4 rings (SSSR count). The van der Waals surface area contributed by atoms with Crippen LogP contribution in [0.1, 0.15) is 68.1 Å². The lowest BCUT2D eigenvalue weighted by Gasteiger charge is -2.44. The summed E-state index contributed by atoms with van der Waals surface area (Å²) in [6, 6.07) is 7.14. The van der Waals surface area contributed by atoms with Crippen molar-refractivity contribution in [3.8, 4) is 0 Å². The van der Waals surface area contributed by atoms with E-state index in [-0.39, 0.29) is 5.92 Å². The molecule has 0 heterocycles. The third-order valence-corrected chi connectivity index (χ3v) is 7.90. The summed E-state index contributed by atoms with van der Waals surface area (Å²) in [5.41, 5.74) is 4.60. The Hall–Kier alpha value is -1.44. The highest BCUT2D eigenvalue weighted by Crippen LogP contribution is 2.48. The highest BCUT2D eigenvalue weighted by Gasteiger charge is 2.38. The van der Waals surface area contributed by atoms with Gasteiger partial charge < -0.3 is 0 Å². The van der Waals surface area contributed by atoms with Crippen LogP contribution in [-0.4, -0.2) is 0 Å². The van der Waals surface area contributed by atoms with Gasteiger partial charge in [0.15, 0.2) is 0 Å². The average Bonchev–Trinajstić information content (AvgIpc) is 2.71. The molecule has 2 saturated carbocycles. The SMILES string of the molecule is C=CCCc1ccc2c(c1)CCC(C1CCC3C[C@H](C=C(F)F)CC[C@@H]3C1)C2. The first-order valence-corrected chi connectivity index (χ1v) is 11.4. The maximum absolute atomic E-state index is 12.6. The minimum absolute atomic E-state index is 0.125. The summed E-state index contributed by atoms with van der Waals surface area (Å²) in [4.78, 5) is 0. The van der Waals surface area contributed by atoms with E-state index < -0.39 is 6.08 Å². The molecule has 0 N–H and O–H groups in total. The quantitative estimate of drug-likeness (QED) is 0.460. The molecule has 1 aromatic rings. The third kappa shape index (κ3) is 4.58. The fourth-order valence-corrected chi connectivity index (χ4v) is 6.38. The summed E-state index contributed by atoms with van der Waals surface area (Å²) in [5, 5.41) is 0. The molecule has 0 aromatic heterocycles. The van der Waals surface area contributed by atoms with Crippen molar-refractivity contribution in [2.24, 2.45) is 29.6 Å². The van der Waals surface area contributed by atoms with Gasteiger partial charge in [-0.25, -0.2) is 0 Å². The lowest BCUT2D eigenvalue weighted by molar-refractivity contribution is 0.0803. The second-order valence-electron chi connectivity index (χ2n) is 9.56. The highest BCUT2D eigenvalue weighted by atomic mass is 19.3. The van der Waals surface area contributed by atoms with Crippen LogP contribution in [0.5, 0.6) is 0 Å². The zero-order valence-corrected chi connectivity index (χ0v) is 17.0. The third-order valence-electron chi connectivity index (χ3n) is 7.90. The van der Waals surface area contributed by atoms with Gasteiger partial charge in [-0.15, -0.1) is 6.58 Å². The van der Waals surface area contributed by atoms with Crippen molar-refractivity contribution in [2.75, 3.05) is 0 Å². The standard InChI is InChI=1S/C26H34F2/c1-2-3-4-18-5-7-22-16-24(11-9-20(22)13-18)25-12-10-21-14-19(15-26(27)28)6-8-23(21)17-25/h2,5,7,13,15,19,21,23-25H,1,3-4,6,8-12,14,16-17H2/t19-,21?,23-,24?,25?/m1/s1. The van der Waals surface area contributed by atoms with Crippen LogP contribution in [-0.2, 0) is 19.3 Å². The minimum Gasteiger partial charge on any atom is -0.174 e. The highest BCUT2D eigenvalue weighted by molar-refractivity contribution is 5.34. The van der Waals surface area contributed by atoms with Crippen molar-refractivity contribution in [3.05, 3.63) is 59.7 Å². The molecule has 0 amide bonds. The molecule has 0 nitrogen and oxygen atoms in total. The molecule has 5 atom stereocenters. The van der Waals surface area contributed by atoms with Crippen LogP contribution in [0.3, 0.4) is 0 Å². The Balaban J connectivity index is 1.34. The predicted molar refractivity (Wildman–Crippen MR) is 112 cm³/mol. The van der Waals surface area contributed by atoms with E-state index in [1.165, 1.54) is 50.2 Å². The molecule has 3 aliphatic rings. The maximum atomic E-state index is 12.6. The van der Waals surface area contributed by atoms with E-state index >= 15 is 0 Å². The zero-order chi connectivity index (χ0) is 19.5. The molecule has 2 heteroatoms. The van der Waals surface area contributed by atoms with E-state index in [9.17, 15) is 8.78 Å². The Morgan fingerprint density at radius 1 is 0.929 bits per heavy atom. The van der Waals surface area contributed by atoms with Gasteiger partial charge in [-0.05, 0) is 123 Å². The maximum Gasteiger partial charge on any atom is 0.266 e. The molecule has 0 saturated heterocycles. The molecular formula is C26H34F2. The summed E-state index contributed by atoms with van der Waals surface area (Å²) in [7, 11) is 0. The normalized spacial score (nSPS) is 32.1. The van der Waals surface area contributed by atoms with Crippen molar-refractivity contribution in [3.63, 3.8) is 0 Å². The number of rotatable bonds is 5. The summed E-state index contributed by atoms with van der Waals surface area (Å²) >= 11 is 0. The molecule has 152 valence electrons. The Labute approximate surface area is 169 Å². The first-order chi connectivity index (χ1) is 13.6. The van der Waals surface area contributed by atoms with Gasteiger partial charge in [0.25, 0.3) is 6.08 Å². The van der Waals surface area contributed by atoms with E-state index in [1.807, 2.05) is 6.08 Å². The number of hydrogen-bond acceptors (Lipinski definition) is 0. The first kappa shape index (κ1) is 19.9. The van der Waals surface area contributed by atoms with Crippen molar-refractivity contribution >= 4 is 0 Å². The average molecular weight is 385 g/mol. The number of fused-ring (bicyclic) bond motifs is 2. The second-order valence-corrected chi connectivity index (χ2v) is 9.56. The zero-order valence-electron chi connectivity index (χ0n) is 17.0. The van der Waals surface area contributed by atoms with Crippen LogP contribution in [0.4, 0.5) is 8.78 Å². The Kier molecular flexibility index (Phi) is 6.33. The van der Waals surface area contributed by atoms with Crippen LogP contribution in [0, 0.1) is 29.6 Å². The van der Waals surface area contributed by atoms with Crippen molar-refractivity contribution in [1.82, 2.24) is 0 Å². The molecule has 3 aliphatic carbocycles. The van der Waals surface area contributed by atoms with Crippen molar-refractivity contribution in [1.29, 1.82) is 0 Å². The van der Waals surface area contributed by atoms with E-state index in [4.69, 9.17) is 0 Å². The predicted octanol–water partition coefficient (Wildman–Crippen LogP) is 7.52. The molecule has 2 fully saturated rings. The fourth-order valence-electron chi connectivity index (χ4n) is 6.38. The second kappa shape index (κ2) is 8.93. The Morgan fingerprint density at radius 3 is 2.46 bits per heavy atom. The molecule has 0 spiro atoms. The van der Waals surface area contributed by atoms with Crippen LogP contribution in [0.15, 0.2) is 43.0 Å². The van der Waals surface area contributed by atoms with Gasteiger partial charge in [0.05, 0.1) is 0 Å². The molecule has 1 aromatic carbocycles. The lowest BCUT2D eigenvalue weighted by atomic mass is 9.61. The van der Waals surface area contributed by atoms with Crippen LogP contribution >= 0.6 is 0 Å². The number of allylic oxidation sites excluding steroid dienone is 2. The monoisotopic (exact) mass is 384 g/mol. The van der Waals surface area contributed by atoms with Crippen LogP contribution in [0.25, 0.3) is 0 Å². The topological polar surface area (TPSA) is 0 Å². The summed E-state index contributed by atoms with van der Waals surface area (Å²) in [5.74, 6) is 3.27. The van der Waals surface area contributed by atoms with Gasteiger partial charge in [0.1, 0.15) is 0 Å². The van der Waals surface area contributed by atoms with Crippen molar-refractivity contribution in [2.45, 2.75) is 70.6 Å². The van der Waals surface area contributed by atoms with Gasteiger partial charge in [0, 0.05) is 0 Å². The van der Waals surface area contributed by atoms with E-state index in [0.29, 0.717) is 5.92 Å². The largest absolute Gasteiger partial charge is 0.266 e. The number of hydrogen-bond donors (Lipinski definition) is 0. The molecule has 28 heavy (non-hydrogen) atoms. The van der Waals surface area contributed by atoms with Gasteiger partial charge >= 0.3 is 0 Å². The molecular weight excluding hydrogens is 350 g/mol. The summed E-state index contributed by atoms with van der Waals surface area (Å²) in [6.45, 7) is 3.83. The van der Waals surface area contributed by atoms with E-state index in [1.54, 1.807) is 11.1 Å². The van der Waals surface area contributed by atoms with Gasteiger partial charge in [-0.1, -0.05) is 24.3 Å². The Morgan fingerprint density at radius 2 is 1.68 bits per heavy atom. The summed E-state index contributed by atoms with van der Waals surface area (Å²) < 4.78 is 25.2. The van der Waals surface area contributed by atoms with Gasteiger partial charge in [-0.2, -0.15) is 8.78 Å². The van der Waals surface area contributed by atoms with E-state index in [2.05, 4.69) is 24.8 Å². The minimum atomic E-state index is -1.48. The van der Waals surface area contributed by atoms with Crippen LogP contribution < -0.4 is 0 Å². The fraction of sp³-hybridized carbons (Fsp3) is 0.615. The van der Waals surface area contributed by atoms with Crippen LogP contribution in [0.2, 0.25) is 0 Å². The van der Waals surface area contributed by atoms with E-state index in [0.717, 1.165) is 49.9 Å². The number of aryl methyl sites for hydroxylation is 2. The van der Waals surface area contributed by atoms with Gasteiger partial charge in [0.2, 0.25) is 0 Å².